The van der Waals surface area contributed by atoms with Crippen LogP contribution in [0.1, 0.15) is 63.2 Å². The minimum absolute atomic E-state index is 0.00491. The number of aromatic nitrogens is 2. The molecule has 0 radical (unpaired) electrons. The molecule has 0 bridgehead atoms. The first-order valence-electron chi connectivity index (χ1n) is 13.4. The van der Waals surface area contributed by atoms with Crippen molar-refractivity contribution in [3.05, 3.63) is 68.5 Å². The van der Waals surface area contributed by atoms with Crippen molar-refractivity contribution in [3.63, 3.8) is 0 Å². The van der Waals surface area contributed by atoms with Crippen LogP contribution >= 0.6 is 0 Å². The summed E-state index contributed by atoms with van der Waals surface area (Å²) < 4.78 is 60.8. The fourth-order valence-corrected chi connectivity index (χ4v) is 4.97. The van der Waals surface area contributed by atoms with Crippen molar-refractivity contribution in [2.45, 2.75) is 83.8 Å². The highest BCUT2D eigenvalue weighted by Crippen LogP contribution is 2.38. The van der Waals surface area contributed by atoms with Gasteiger partial charge in [-0.25, -0.2) is 4.79 Å². The molecule has 1 fully saturated rings. The lowest BCUT2D eigenvalue weighted by Crippen LogP contribution is -2.47. The van der Waals surface area contributed by atoms with Gasteiger partial charge in [0.05, 0.1) is 12.7 Å². The zero-order chi connectivity index (χ0) is 30.8. The van der Waals surface area contributed by atoms with Crippen LogP contribution in [0.15, 0.2) is 46.1 Å². The van der Waals surface area contributed by atoms with Crippen LogP contribution in [0.25, 0.3) is 0 Å². The van der Waals surface area contributed by atoms with Gasteiger partial charge in [-0.1, -0.05) is 64.7 Å². The van der Waals surface area contributed by atoms with Gasteiger partial charge >= 0.3 is 11.9 Å². The maximum absolute atomic E-state index is 13.9. The molecule has 1 aromatic heterocycles. The molecule has 1 aliphatic rings. The summed E-state index contributed by atoms with van der Waals surface area (Å²) in [6.07, 6.45) is -7.40. The zero-order valence-corrected chi connectivity index (χ0v) is 25.4. The van der Waals surface area contributed by atoms with Crippen LogP contribution in [-0.2, 0) is 20.1 Å². The van der Waals surface area contributed by atoms with E-state index >= 15 is 0 Å². The second kappa shape index (κ2) is 12.5. The molecule has 0 saturated carbocycles. The summed E-state index contributed by atoms with van der Waals surface area (Å²) in [7, 11) is -2.24. The number of halogens is 3. The lowest BCUT2D eigenvalue weighted by molar-refractivity contribution is -0.139. The van der Waals surface area contributed by atoms with Gasteiger partial charge in [-0.05, 0) is 30.3 Å². The van der Waals surface area contributed by atoms with Gasteiger partial charge in [-0.3, -0.25) is 14.2 Å². The van der Waals surface area contributed by atoms with Crippen molar-refractivity contribution in [1.82, 2.24) is 9.13 Å². The van der Waals surface area contributed by atoms with E-state index in [1.807, 2.05) is 13.8 Å². The largest absolute Gasteiger partial charge is 0.423 e. The Morgan fingerprint density at radius 3 is 2.34 bits per heavy atom. The number of nitrogens with zero attached hydrogens (tertiary/aromatic N) is 2. The average molecular weight is 595 g/mol. The fraction of sp³-hybridized carbons (Fsp3) is 0.552. The van der Waals surface area contributed by atoms with Gasteiger partial charge in [0.15, 0.2) is 8.32 Å². The predicted octanol–water partition coefficient (Wildman–Crippen LogP) is 5.07. The SMILES string of the molecule is CC(C)C#CCO[C@H]1C[C@H](n2cc(C(F)(F)F)c(=O)n(C(=O)c3ccccc3)c2=O)O[C@@H]1CO[Si](C)(C)C(C)(C)C. The van der Waals surface area contributed by atoms with Gasteiger partial charge in [-0.15, -0.1) is 0 Å². The van der Waals surface area contributed by atoms with Crippen LogP contribution in [-0.4, -0.2) is 48.8 Å². The standard InChI is InChI=1S/C29H37F3N2O6Si/c1-19(2)12-11-15-38-22-16-24(40-23(22)18-39-41(6,7)28(3,4)5)33-17-21(29(30,31)32)26(36)34(27(33)37)25(35)20-13-9-8-10-14-20/h8-10,13-14,17,19,22-24H,15-16,18H2,1-7H3/t22-,23+,24+/m0/s1. The molecule has 224 valence electrons. The van der Waals surface area contributed by atoms with Crippen LogP contribution in [0.3, 0.4) is 0 Å². The van der Waals surface area contributed by atoms with Crippen LogP contribution in [0.4, 0.5) is 13.2 Å². The smallest absolute Gasteiger partial charge is 0.414 e. The van der Waals surface area contributed by atoms with Crippen LogP contribution in [0, 0.1) is 17.8 Å². The third-order valence-electron chi connectivity index (χ3n) is 7.31. The number of carbonyl (C=O) groups is 1. The van der Waals surface area contributed by atoms with E-state index in [4.69, 9.17) is 13.9 Å². The highest BCUT2D eigenvalue weighted by molar-refractivity contribution is 6.74. The molecule has 41 heavy (non-hydrogen) atoms. The van der Waals surface area contributed by atoms with Crippen molar-refractivity contribution in [2.24, 2.45) is 5.92 Å². The monoisotopic (exact) mass is 594 g/mol. The third kappa shape index (κ3) is 7.65. The molecule has 1 saturated heterocycles. The first-order chi connectivity index (χ1) is 18.9. The Morgan fingerprint density at radius 1 is 1.15 bits per heavy atom. The molecule has 1 aromatic carbocycles. The van der Waals surface area contributed by atoms with E-state index < -0.39 is 55.6 Å². The number of ether oxygens (including phenoxy) is 2. The summed E-state index contributed by atoms with van der Waals surface area (Å²) in [6.45, 7) is 14.3. The Labute approximate surface area is 238 Å². The van der Waals surface area contributed by atoms with Gasteiger partial charge in [0.1, 0.15) is 24.5 Å². The molecule has 0 N–H and O–H groups in total. The Hall–Kier alpha value is -2.98. The van der Waals surface area contributed by atoms with Crippen LogP contribution in [0.2, 0.25) is 18.1 Å². The molecule has 0 aliphatic carbocycles. The maximum atomic E-state index is 13.9. The van der Waals surface area contributed by atoms with Crippen molar-refractivity contribution in [3.8, 4) is 11.8 Å². The number of carbonyl (C=O) groups excluding carboxylic acids is 1. The lowest BCUT2D eigenvalue weighted by atomic mass is 10.2. The molecule has 12 heteroatoms. The lowest BCUT2D eigenvalue weighted by Gasteiger charge is -2.37. The van der Waals surface area contributed by atoms with Gasteiger partial charge in [-0.2, -0.15) is 17.7 Å². The molecule has 1 aliphatic heterocycles. The zero-order valence-electron chi connectivity index (χ0n) is 24.4. The number of alkyl halides is 3. The van der Waals surface area contributed by atoms with Gasteiger partial charge in [0, 0.05) is 24.1 Å². The summed E-state index contributed by atoms with van der Waals surface area (Å²) in [5.74, 6) is 4.83. The highest BCUT2D eigenvalue weighted by Gasteiger charge is 2.44. The number of rotatable bonds is 7. The number of hydrogen-bond donors (Lipinski definition) is 0. The maximum Gasteiger partial charge on any atom is 0.423 e. The van der Waals surface area contributed by atoms with E-state index in [1.54, 1.807) is 6.07 Å². The number of hydrogen-bond acceptors (Lipinski definition) is 6. The molecule has 0 amide bonds. The topological polar surface area (TPSA) is 88.8 Å². The van der Waals surface area contributed by atoms with Gasteiger partial charge < -0.3 is 13.9 Å². The average Bonchev–Trinajstić information content (AvgIpc) is 3.27. The molecular formula is C29H37F3N2O6Si. The fourth-order valence-electron chi connectivity index (χ4n) is 3.96. The predicted molar refractivity (Wildman–Crippen MR) is 150 cm³/mol. The van der Waals surface area contributed by atoms with E-state index in [0.29, 0.717) is 10.8 Å². The summed E-state index contributed by atoms with van der Waals surface area (Å²) in [4.78, 5) is 39.3. The summed E-state index contributed by atoms with van der Waals surface area (Å²) in [5.41, 5.74) is -4.77. The Kier molecular flexibility index (Phi) is 9.91. The first kappa shape index (κ1) is 32.5. The second-order valence-corrected chi connectivity index (χ2v) is 16.6. The van der Waals surface area contributed by atoms with E-state index in [-0.39, 0.29) is 40.7 Å². The van der Waals surface area contributed by atoms with Gasteiger partial charge in [0.2, 0.25) is 0 Å². The minimum atomic E-state index is -5.13. The highest BCUT2D eigenvalue weighted by atomic mass is 28.4. The molecule has 8 nitrogen and oxygen atoms in total. The molecule has 3 rings (SSSR count). The normalized spacial score (nSPS) is 19.7. The van der Waals surface area contributed by atoms with E-state index in [2.05, 4.69) is 45.7 Å². The van der Waals surface area contributed by atoms with E-state index in [1.165, 1.54) is 24.3 Å². The Balaban J connectivity index is 2.04. The first-order valence-corrected chi connectivity index (χ1v) is 16.3. The minimum Gasteiger partial charge on any atom is -0.414 e. The summed E-state index contributed by atoms with van der Waals surface area (Å²) >= 11 is 0. The van der Waals surface area contributed by atoms with Crippen molar-refractivity contribution < 1.29 is 31.9 Å². The summed E-state index contributed by atoms with van der Waals surface area (Å²) in [6, 6.07) is 7.15. The van der Waals surface area contributed by atoms with E-state index in [0.717, 1.165) is 0 Å². The number of benzene rings is 1. The molecule has 0 unspecified atom stereocenters. The third-order valence-corrected chi connectivity index (χ3v) is 11.8. The van der Waals surface area contributed by atoms with Crippen LogP contribution < -0.4 is 11.2 Å². The van der Waals surface area contributed by atoms with Crippen molar-refractivity contribution in [1.29, 1.82) is 0 Å². The Morgan fingerprint density at radius 2 is 1.78 bits per heavy atom. The molecule has 2 heterocycles. The molecule has 0 spiro atoms. The van der Waals surface area contributed by atoms with Crippen molar-refractivity contribution >= 4 is 14.2 Å². The second-order valence-electron chi connectivity index (χ2n) is 11.8. The van der Waals surface area contributed by atoms with Crippen molar-refractivity contribution in [2.75, 3.05) is 13.2 Å². The van der Waals surface area contributed by atoms with Gasteiger partial charge in [0.25, 0.3) is 11.5 Å². The van der Waals surface area contributed by atoms with Crippen LogP contribution in [0.5, 0.6) is 0 Å². The summed E-state index contributed by atoms with van der Waals surface area (Å²) in [5, 5.41) is -0.115. The molecule has 2 aromatic rings. The quantitative estimate of drug-likeness (QED) is 0.329. The Bertz CT molecular complexity index is 1410. The van der Waals surface area contributed by atoms with E-state index in [9.17, 15) is 27.6 Å². The molecule has 3 atom stereocenters. The molecular weight excluding hydrogens is 557 g/mol.